The number of hydrogen-bond acceptors (Lipinski definition) is 8. The van der Waals surface area contributed by atoms with Crippen LogP contribution in [0.25, 0.3) is 16.6 Å². The predicted octanol–water partition coefficient (Wildman–Crippen LogP) is 4.72. The molecule has 0 radical (unpaired) electrons. The van der Waals surface area contributed by atoms with Crippen LogP contribution in [-0.2, 0) is 11.2 Å². The molecular formula is C24H18ClN3O5S. The van der Waals surface area contributed by atoms with Crippen molar-refractivity contribution in [3.63, 3.8) is 0 Å². The van der Waals surface area contributed by atoms with E-state index in [1.165, 1.54) is 26.5 Å². The van der Waals surface area contributed by atoms with Crippen LogP contribution in [0.2, 0.25) is 5.02 Å². The van der Waals surface area contributed by atoms with Gasteiger partial charge in [-0.1, -0.05) is 17.7 Å². The maximum atomic E-state index is 13.7. The van der Waals surface area contributed by atoms with Gasteiger partial charge >= 0.3 is 5.97 Å². The number of benzene rings is 2. The molecule has 0 bridgehead atoms. The Hall–Kier alpha value is -3.82. The van der Waals surface area contributed by atoms with Crippen LogP contribution in [0.15, 0.2) is 60.3 Å². The highest BCUT2D eigenvalue weighted by molar-refractivity contribution is 7.00. The lowest BCUT2D eigenvalue weighted by Gasteiger charge is -2.14. The standard InChI is InChI=1S/C24H18ClN3O5S/c1-32-20-6-4-15(11-17(20)25)23(29)16(9-13-7-8-26-21(10-13)33-2)22(24(30)31)14-3-5-18-19(12-14)28-34-27-18/h3-8,10-12H,9H2,1-2H3,(H,30,31). The largest absolute Gasteiger partial charge is 0.495 e. The summed E-state index contributed by atoms with van der Waals surface area (Å²) in [7, 11) is 2.95. The van der Waals surface area contributed by atoms with Crippen molar-refractivity contribution in [2.45, 2.75) is 6.42 Å². The highest BCUT2D eigenvalue weighted by atomic mass is 35.5. The third-order valence-corrected chi connectivity index (χ3v) is 5.99. The third kappa shape index (κ3) is 4.75. The zero-order chi connectivity index (χ0) is 24.2. The molecule has 2 aromatic heterocycles. The number of allylic oxidation sites excluding steroid dienone is 1. The maximum absolute atomic E-state index is 13.7. The number of nitrogens with zero attached hydrogens (tertiary/aromatic N) is 3. The number of carbonyl (C=O) groups is 2. The van der Waals surface area contributed by atoms with Crippen LogP contribution >= 0.6 is 23.3 Å². The van der Waals surface area contributed by atoms with E-state index >= 15 is 0 Å². The zero-order valence-electron chi connectivity index (χ0n) is 18.1. The molecule has 8 nitrogen and oxygen atoms in total. The van der Waals surface area contributed by atoms with E-state index < -0.39 is 11.8 Å². The molecule has 0 amide bonds. The van der Waals surface area contributed by atoms with Crippen molar-refractivity contribution in [3.8, 4) is 11.6 Å². The van der Waals surface area contributed by atoms with Crippen molar-refractivity contribution in [3.05, 3.63) is 82.0 Å². The van der Waals surface area contributed by atoms with E-state index in [0.29, 0.717) is 33.8 Å². The number of hydrogen-bond donors (Lipinski definition) is 1. The van der Waals surface area contributed by atoms with E-state index in [1.54, 1.807) is 42.5 Å². The highest BCUT2D eigenvalue weighted by Gasteiger charge is 2.25. The molecule has 0 saturated carbocycles. The van der Waals surface area contributed by atoms with Gasteiger partial charge in [0.1, 0.15) is 16.8 Å². The summed E-state index contributed by atoms with van der Waals surface area (Å²) in [5.41, 5.74) is 2.36. The number of fused-ring (bicyclic) bond motifs is 1. The van der Waals surface area contributed by atoms with E-state index in [9.17, 15) is 14.7 Å². The Balaban J connectivity index is 1.91. The van der Waals surface area contributed by atoms with Crippen LogP contribution < -0.4 is 9.47 Å². The second-order valence-corrected chi connectivity index (χ2v) is 8.12. The van der Waals surface area contributed by atoms with Gasteiger partial charge in [-0.25, -0.2) is 9.78 Å². The van der Waals surface area contributed by atoms with Crippen LogP contribution in [0, 0.1) is 0 Å². The number of carboxylic acid groups (broad SMARTS) is 1. The number of rotatable bonds is 8. The molecule has 34 heavy (non-hydrogen) atoms. The molecule has 0 unspecified atom stereocenters. The molecular weight excluding hydrogens is 478 g/mol. The fourth-order valence-electron chi connectivity index (χ4n) is 3.50. The molecule has 2 aromatic carbocycles. The Morgan fingerprint density at radius 2 is 1.74 bits per heavy atom. The number of carbonyl (C=O) groups excluding carboxylic acids is 1. The molecule has 0 spiro atoms. The highest BCUT2D eigenvalue weighted by Crippen LogP contribution is 2.31. The average molecular weight is 496 g/mol. The van der Waals surface area contributed by atoms with E-state index in [0.717, 1.165) is 11.7 Å². The molecule has 4 rings (SSSR count). The summed E-state index contributed by atoms with van der Waals surface area (Å²) in [5, 5.41) is 10.4. The van der Waals surface area contributed by atoms with Crippen LogP contribution in [0.5, 0.6) is 11.6 Å². The third-order valence-electron chi connectivity index (χ3n) is 5.14. The van der Waals surface area contributed by atoms with E-state index in [1.807, 2.05) is 0 Å². The molecule has 10 heteroatoms. The normalized spacial score (nSPS) is 11.7. The lowest BCUT2D eigenvalue weighted by Crippen LogP contribution is -2.14. The average Bonchev–Trinajstić information content (AvgIpc) is 3.31. The molecule has 0 saturated heterocycles. The Kier molecular flexibility index (Phi) is 6.85. The molecule has 1 N–H and O–H groups in total. The molecule has 4 aromatic rings. The Morgan fingerprint density at radius 1 is 0.971 bits per heavy atom. The van der Waals surface area contributed by atoms with Crippen LogP contribution in [0.3, 0.4) is 0 Å². The number of pyridine rings is 1. The summed E-state index contributed by atoms with van der Waals surface area (Å²) in [4.78, 5) is 30.3. The summed E-state index contributed by atoms with van der Waals surface area (Å²) < 4.78 is 18.7. The maximum Gasteiger partial charge on any atom is 0.336 e. The minimum atomic E-state index is -1.24. The van der Waals surface area contributed by atoms with E-state index in [2.05, 4.69) is 13.7 Å². The second kappa shape index (κ2) is 9.98. The fraction of sp³-hybridized carbons (Fsp3) is 0.125. The SMILES string of the molecule is COc1cc(CC(C(=O)c2ccc(OC)c(Cl)c2)=C(C(=O)O)c2ccc3nsnc3c2)ccn1. The smallest absolute Gasteiger partial charge is 0.336 e. The summed E-state index contributed by atoms with van der Waals surface area (Å²) in [6.07, 6.45) is 1.56. The molecule has 0 fully saturated rings. The van der Waals surface area contributed by atoms with Crippen molar-refractivity contribution in [2.24, 2.45) is 0 Å². The first kappa shape index (κ1) is 23.3. The van der Waals surface area contributed by atoms with Gasteiger partial charge in [0.05, 0.1) is 36.5 Å². The number of aliphatic carboxylic acids is 1. The number of carboxylic acids is 1. The zero-order valence-corrected chi connectivity index (χ0v) is 19.7. The summed E-state index contributed by atoms with van der Waals surface area (Å²) in [5.74, 6) is -0.966. The Bertz CT molecular complexity index is 1430. The van der Waals surface area contributed by atoms with Gasteiger partial charge in [0.15, 0.2) is 5.78 Å². The second-order valence-electron chi connectivity index (χ2n) is 7.19. The topological polar surface area (TPSA) is 112 Å². The van der Waals surface area contributed by atoms with Gasteiger partial charge in [-0.3, -0.25) is 4.79 Å². The first-order valence-corrected chi connectivity index (χ1v) is 11.1. The van der Waals surface area contributed by atoms with Crippen molar-refractivity contribution in [2.75, 3.05) is 14.2 Å². The molecule has 0 aliphatic rings. The molecule has 0 atom stereocenters. The van der Waals surface area contributed by atoms with Crippen LogP contribution in [0.1, 0.15) is 21.5 Å². The Morgan fingerprint density at radius 3 is 2.44 bits per heavy atom. The first-order valence-electron chi connectivity index (χ1n) is 9.97. The molecule has 2 heterocycles. The number of ether oxygens (including phenoxy) is 2. The molecule has 172 valence electrons. The van der Waals surface area contributed by atoms with Gasteiger partial charge in [0.2, 0.25) is 5.88 Å². The van der Waals surface area contributed by atoms with Crippen LogP contribution in [0.4, 0.5) is 0 Å². The number of Topliss-reactive ketones (excluding diaryl/α,β-unsaturated/α-hetero) is 1. The predicted molar refractivity (Wildman–Crippen MR) is 129 cm³/mol. The van der Waals surface area contributed by atoms with Crippen molar-refractivity contribution < 1.29 is 24.2 Å². The quantitative estimate of drug-likeness (QED) is 0.276. The van der Waals surface area contributed by atoms with E-state index in [4.69, 9.17) is 21.1 Å². The molecule has 0 aliphatic heterocycles. The van der Waals surface area contributed by atoms with Gasteiger partial charge < -0.3 is 14.6 Å². The molecule has 0 aliphatic carbocycles. The van der Waals surface area contributed by atoms with Gasteiger partial charge in [-0.2, -0.15) is 8.75 Å². The van der Waals surface area contributed by atoms with Crippen molar-refractivity contribution >= 4 is 51.7 Å². The minimum absolute atomic E-state index is 0.0242. The summed E-state index contributed by atoms with van der Waals surface area (Å²) >= 11 is 7.27. The van der Waals surface area contributed by atoms with Crippen molar-refractivity contribution in [1.82, 2.24) is 13.7 Å². The fourth-order valence-corrected chi connectivity index (χ4v) is 4.28. The van der Waals surface area contributed by atoms with Crippen molar-refractivity contribution in [1.29, 1.82) is 0 Å². The number of aromatic nitrogens is 3. The lowest BCUT2D eigenvalue weighted by atomic mass is 9.89. The number of ketones is 1. The number of halogens is 1. The summed E-state index contributed by atoms with van der Waals surface area (Å²) in [6.45, 7) is 0. The van der Waals surface area contributed by atoms with Gasteiger partial charge in [0, 0.05) is 29.8 Å². The minimum Gasteiger partial charge on any atom is -0.495 e. The van der Waals surface area contributed by atoms with Gasteiger partial charge in [-0.15, -0.1) is 0 Å². The number of methoxy groups -OCH3 is 2. The van der Waals surface area contributed by atoms with Gasteiger partial charge in [-0.05, 0) is 47.5 Å². The monoisotopic (exact) mass is 495 g/mol. The first-order chi connectivity index (χ1) is 16.4. The van der Waals surface area contributed by atoms with Gasteiger partial charge in [0.25, 0.3) is 0 Å². The summed E-state index contributed by atoms with van der Waals surface area (Å²) in [6, 6.07) is 12.8. The van der Waals surface area contributed by atoms with Crippen LogP contribution in [-0.4, -0.2) is 44.8 Å². The Labute approximate surface area is 203 Å². The van der Waals surface area contributed by atoms with E-state index in [-0.39, 0.29) is 28.2 Å². The lowest BCUT2D eigenvalue weighted by molar-refractivity contribution is -0.130.